The van der Waals surface area contributed by atoms with Crippen molar-refractivity contribution in [3.05, 3.63) is 47.3 Å². The van der Waals surface area contributed by atoms with Crippen LogP contribution < -0.4 is 5.73 Å². The minimum absolute atomic E-state index is 0.0201. The number of carbonyl (C=O) groups is 4. The second-order valence-electron chi connectivity index (χ2n) is 10.6. The quantitative estimate of drug-likeness (QED) is 0.230. The molecule has 2 bridgehead atoms. The van der Waals surface area contributed by atoms with E-state index in [0.29, 0.717) is 44.1 Å². The number of nitrogens with zero attached hydrogens (tertiary/aromatic N) is 2. The van der Waals surface area contributed by atoms with Gasteiger partial charge in [0.05, 0.1) is 5.75 Å². The predicted octanol–water partition coefficient (Wildman–Crippen LogP) is 2.13. The number of nitrogens with two attached hydrogens (primary N) is 1. The third-order valence-corrected chi connectivity index (χ3v) is 9.18. The van der Waals surface area contributed by atoms with Gasteiger partial charge < -0.3 is 25.7 Å². The van der Waals surface area contributed by atoms with Crippen molar-refractivity contribution >= 4 is 33.6 Å². The zero-order chi connectivity index (χ0) is 32.5. The number of benzene rings is 1. The van der Waals surface area contributed by atoms with E-state index in [1.165, 1.54) is 4.90 Å². The van der Waals surface area contributed by atoms with Crippen molar-refractivity contribution in [2.45, 2.75) is 70.5 Å². The highest BCUT2D eigenvalue weighted by atomic mass is 32.2. The molecule has 0 radical (unpaired) electrons. The highest BCUT2D eigenvalue weighted by Crippen LogP contribution is 2.40. The van der Waals surface area contributed by atoms with Crippen molar-refractivity contribution < 1.29 is 51.0 Å². The Hall–Kier alpha value is -3.46. The predicted molar refractivity (Wildman–Crippen MR) is 150 cm³/mol. The van der Waals surface area contributed by atoms with E-state index >= 15 is 0 Å². The maximum Gasteiger partial charge on any atom is 0.328 e. The molecule has 3 rings (SSSR count). The average Bonchev–Trinajstić information content (AvgIpc) is 3.18. The Kier molecular flexibility index (Phi) is 13.2. The van der Waals surface area contributed by atoms with E-state index in [1.54, 1.807) is 18.7 Å². The lowest BCUT2D eigenvalue weighted by atomic mass is 9.82. The Morgan fingerprint density at radius 1 is 0.977 bits per heavy atom. The molecule has 2 fully saturated rings. The maximum absolute atomic E-state index is 14.0. The number of hydrogen-bond acceptors (Lipinski definition) is 7. The molecule has 2 heterocycles. The number of amides is 2. The number of carbonyl (C=O) groups excluding carboxylic acids is 2. The van der Waals surface area contributed by atoms with Crippen LogP contribution in [0.2, 0.25) is 0 Å². The van der Waals surface area contributed by atoms with E-state index in [2.05, 4.69) is 0 Å². The molecule has 0 saturated carbocycles. The topological polar surface area (TPSA) is 175 Å². The molecule has 0 spiro atoms. The van der Waals surface area contributed by atoms with Crippen LogP contribution in [0.3, 0.4) is 0 Å². The van der Waals surface area contributed by atoms with Crippen LogP contribution in [0.1, 0.15) is 51.5 Å². The monoisotopic (exact) mass is 633 g/mol. The zero-order valence-electron chi connectivity index (χ0n) is 24.0. The van der Waals surface area contributed by atoms with Crippen LogP contribution >= 0.6 is 0 Å². The summed E-state index contributed by atoms with van der Waals surface area (Å²) in [6, 6.07) is 0.690. The minimum Gasteiger partial charge on any atom is -0.478 e. The van der Waals surface area contributed by atoms with Crippen molar-refractivity contribution in [3.8, 4) is 0 Å². The first-order valence-electron chi connectivity index (χ1n) is 13.9. The van der Waals surface area contributed by atoms with Crippen molar-refractivity contribution in [1.82, 2.24) is 9.80 Å². The fourth-order valence-corrected chi connectivity index (χ4v) is 6.75. The van der Waals surface area contributed by atoms with Gasteiger partial charge in [0.1, 0.15) is 11.6 Å². The minimum atomic E-state index is -3.72. The molecule has 1 aromatic rings. The molecular weight excluding hydrogens is 595 g/mol. The number of carboxylic acids is 2. The fourth-order valence-electron chi connectivity index (χ4n) is 5.56. The normalized spacial score (nSPS) is 20.3. The average molecular weight is 634 g/mol. The van der Waals surface area contributed by atoms with Gasteiger partial charge in [-0.05, 0) is 63.5 Å². The van der Waals surface area contributed by atoms with Crippen molar-refractivity contribution in [1.29, 1.82) is 0 Å². The first-order valence-corrected chi connectivity index (χ1v) is 15.7. The van der Waals surface area contributed by atoms with Crippen LogP contribution in [0.4, 0.5) is 13.2 Å². The third-order valence-electron chi connectivity index (χ3n) is 7.66. The molecule has 0 aliphatic carbocycles. The number of halogens is 3. The van der Waals surface area contributed by atoms with Crippen LogP contribution in [-0.2, 0) is 35.4 Å². The summed E-state index contributed by atoms with van der Waals surface area (Å²) >= 11 is 0. The lowest BCUT2D eigenvalue weighted by molar-refractivity contribution is -0.136. The molecule has 1 unspecified atom stereocenters. The first kappa shape index (κ1) is 35.7. The second kappa shape index (κ2) is 15.8. The van der Waals surface area contributed by atoms with Crippen molar-refractivity contribution in [2.75, 3.05) is 24.6 Å². The molecule has 15 heteroatoms. The Labute approximate surface area is 248 Å². The summed E-state index contributed by atoms with van der Waals surface area (Å²) in [5, 5.41) is 15.6. The van der Waals surface area contributed by atoms with E-state index in [4.69, 9.17) is 15.9 Å². The molecule has 4 N–H and O–H groups in total. The van der Waals surface area contributed by atoms with E-state index in [1.807, 2.05) is 0 Å². The molecule has 1 aromatic carbocycles. The van der Waals surface area contributed by atoms with Gasteiger partial charge in [-0.1, -0.05) is 0 Å². The van der Waals surface area contributed by atoms with Crippen LogP contribution in [-0.4, -0.2) is 94.9 Å². The van der Waals surface area contributed by atoms with Crippen molar-refractivity contribution in [2.24, 2.45) is 11.7 Å². The van der Waals surface area contributed by atoms with Crippen LogP contribution in [0, 0.1) is 23.4 Å². The van der Waals surface area contributed by atoms with E-state index in [9.17, 15) is 40.8 Å². The third kappa shape index (κ3) is 10.6. The summed E-state index contributed by atoms with van der Waals surface area (Å²) in [4.78, 5) is 47.4. The van der Waals surface area contributed by atoms with Gasteiger partial charge in [0.25, 0.3) is 0 Å². The van der Waals surface area contributed by atoms with Gasteiger partial charge in [-0.3, -0.25) is 9.59 Å². The molecule has 4 atom stereocenters. The summed E-state index contributed by atoms with van der Waals surface area (Å²) < 4.78 is 65.6. The van der Waals surface area contributed by atoms with E-state index < -0.39 is 56.9 Å². The summed E-state index contributed by atoms with van der Waals surface area (Å²) in [7, 11) is -3.72. The number of sulfone groups is 1. The molecule has 0 aromatic heterocycles. The van der Waals surface area contributed by atoms with Crippen LogP contribution in [0.25, 0.3) is 0 Å². The molecule has 2 saturated heterocycles. The summed E-state index contributed by atoms with van der Waals surface area (Å²) in [5.74, 6) is -7.45. The van der Waals surface area contributed by atoms with Gasteiger partial charge in [-0.25, -0.2) is 31.2 Å². The Balaban J connectivity index is 0.000000708. The smallest absolute Gasteiger partial charge is 0.328 e. The van der Waals surface area contributed by atoms with E-state index in [-0.39, 0.29) is 48.1 Å². The lowest BCUT2D eigenvalue weighted by Crippen LogP contribution is -2.50. The summed E-state index contributed by atoms with van der Waals surface area (Å²) in [6.07, 6.45) is 3.70. The zero-order valence-corrected chi connectivity index (χ0v) is 24.9. The molecule has 43 heavy (non-hydrogen) atoms. The van der Waals surface area contributed by atoms with Crippen molar-refractivity contribution in [3.63, 3.8) is 0 Å². The number of carboxylic acid groups (broad SMARTS) is 2. The Bertz CT molecular complexity index is 1290. The largest absolute Gasteiger partial charge is 0.478 e. The maximum atomic E-state index is 14.0. The van der Waals surface area contributed by atoms with Gasteiger partial charge in [0.15, 0.2) is 21.5 Å². The molecule has 240 valence electrons. The Morgan fingerprint density at radius 2 is 1.49 bits per heavy atom. The van der Waals surface area contributed by atoms with E-state index in [0.717, 1.165) is 18.9 Å². The van der Waals surface area contributed by atoms with Gasteiger partial charge in [-0.15, -0.1) is 0 Å². The molecular formula is C28H38F3N3O8S. The molecule has 11 nitrogen and oxygen atoms in total. The number of rotatable bonds is 12. The Morgan fingerprint density at radius 3 is 1.98 bits per heavy atom. The standard InChI is InChI=1S/C24H34F3N3O4S.C4H4O4/c1-3-29(4-2)24(32)14-35(33,34)8-7-23(31)30-17-5-6-18(30)10-16(9-17)22(28)12-15-11-20(26)21(27)13-19(15)25;5-3(6)1-2-4(7)8/h11,13,16-18,22H,3-10,12,14,28H2,1-2H3;1-2H,(H,5,6)(H,7,8)/t16?,17-,18+,22-;/m1./s1. The van der Waals surface area contributed by atoms with Gasteiger partial charge >= 0.3 is 11.9 Å². The number of hydrogen-bond donors (Lipinski definition) is 3. The molecule has 2 amide bonds. The highest BCUT2D eigenvalue weighted by Gasteiger charge is 2.44. The summed E-state index contributed by atoms with van der Waals surface area (Å²) in [5.41, 5.74) is 6.34. The van der Waals surface area contributed by atoms with Crippen LogP contribution in [0.15, 0.2) is 24.3 Å². The lowest BCUT2D eigenvalue weighted by Gasteiger charge is -2.41. The first-order chi connectivity index (χ1) is 20.1. The molecule has 2 aliphatic heterocycles. The van der Waals surface area contributed by atoms with Crippen LogP contribution in [0.5, 0.6) is 0 Å². The SMILES string of the molecule is CCN(CC)C(=O)CS(=O)(=O)CCC(=O)N1[C@@H]2CC[C@H]1CC([C@H](N)Cc1cc(F)c(F)cc1F)C2.O=C(O)C=CC(=O)O. The number of aliphatic carboxylic acids is 2. The highest BCUT2D eigenvalue weighted by molar-refractivity contribution is 7.92. The van der Waals surface area contributed by atoms with Gasteiger partial charge in [0, 0.05) is 55.9 Å². The van der Waals surface area contributed by atoms with Gasteiger partial charge in [0.2, 0.25) is 11.8 Å². The number of piperidine rings is 1. The fraction of sp³-hybridized carbons (Fsp3) is 0.571. The second-order valence-corrected chi connectivity index (χ2v) is 12.7. The summed E-state index contributed by atoms with van der Waals surface area (Å²) in [6.45, 7) is 4.40. The molecule has 2 aliphatic rings. The van der Waals surface area contributed by atoms with Gasteiger partial charge in [-0.2, -0.15) is 0 Å². The number of fused-ring (bicyclic) bond motifs is 2.